The summed E-state index contributed by atoms with van der Waals surface area (Å²) in [4.78, 5) is 0. The molecule has 0 spiro atoms. The summed E-state index contributed by atoms with van der Waals surface area (Å²) in [5, 5.41) is 9.04. The Hall–Kier alpha value is -1.35. The lowest BCUT2D eigenvalue weighted by atomic mass is 10.1. The van der Waals surface area contributed by atoms with Gasteiger partial charge in [-0.1, -0.05) is 36.4 Å². The van der Waals surface area contributed by atoms with Gasteiger partial charge in [0.05, 0.1) is 17.4 Å². The molecule has 1 aromatic rings. The molecule has 0 heterocycles. The van der Waals surface area contributed by atoms with Gasteiger partial charge < -0.3 is 0 Å². The highest BCUT2D eigenvalue weighted by Gasteiger charge is 2.13. The fourth-order valence-electron chi connectivity index (χ4n) is 1.20. The van der Waals surface area contributed by atoms with Gasteiger partial charge in [0, 0.05) is 11.6 Å². The van der Waals surface area contributed by atoms with Crippen LogP contribution in [0, 0.1) is 11.3 Å². The van der Waals surface area contributed by atoms with Gasteiger partial charge in [-0.05, 0) is 11.6 Å². The Morgan fingerprint density at radius 1 is 1.47 bits per heavy atom. The molecule has 0 fully saturated rings. The van der Waals surface area contributed by atoms with Gasteiger partial charge in [-0.25, -0.2) is 13.1 Å². The molecular formula is C11H11ClN2O2S. The lowest BCUT2D eigenvalue weighted by Crippen LogP contribution is -2.26. The van der Waals surface area contributed by atoms with E-state index in [0.29, 0.717) is 11.1 Å². The van der Waals surface area contributed by atoms with Crippen molar-refractivity contribution < 1.29 is 8.42 Å². The summed E-state index contributed by atoms with van der Waals surface area (Å²) in [6.45, 7) is 3.37. The maximum Gasteiger partial charge on any atom is 0.216 e. The molecule has 0 aromatic heterocycles. The minimum absolute atomic E-state index is 0.0153. The molecule has 0 bridgehead atoms. The number of hydrogen-bond donors (Lipinski definition) is 1. The van der Waals surface area contributed by atoms with E-state index in [1.807, 2.05) is 6.07 Å². The Bertz CT molecular complexity index is 561. The molecule has 1 N–H and O–H groups in total. The van der Waals surface area contributed by atoms with Crippen molar-refractivity contribution in [3.63, 3.8) is 0 Å². The van der Waals surface area contributed by atoms with Crippen molar-refractivity contribution in [3.05, 3.63) is 47.0 Å². The third-order valence-corrected chi connectivity index (χ3v) is 3.38. The molecule has 0 saturated heterocycles. The van der Waals surface area contributed by atoms with E-state index in [9.17, 15) is 8.42 Å². The second kappa shape index (κ2) is 5.82. The second-order valence-electron chi connectivity index (χ2n) is 3.37. The van der Waals surface area contributed by atoms with E-state index in [0.717, 1.165) is 0 Å². The molecule has 0 aliphatic heterocycles. The number of hydrogen-bond acceptors (Lipinski definition) is 3. The molecular weight excluding hydrogens is 260 g/mol. The van der Waals surface area contributed by atoms with Gasteiger partial charge in [0.2, 0.25) is 10.0 Å². The lowest BCUT2D eigenvalue weighted by molar-refractivity contribution is 0.584. The van der Waals surface area contributed by atoms with Crippen LogP contribution in [-0.2, 0) is 15.8 Å². The van der Waals surface area contributed by atoms with Crippen molar-refractivity contribution >= 4 is 21.6 Å². The van der Waals surface area contributed by atoms with E-state index < -0.39 is 10.0 Å². The van der Waals surface area contributed by atoms with Crippen LogP contribution in [-0.4, -0.2) is 15.0 Å². The van der Waals surface area contributed by atoms with Gasteiger partial charge in [0.1, 0.15) is 0 Å². The smallest absolute Gasteiger partial charge is 0.212 e. The molecule has 0 atom stereocenters. The number of nitrogens with zero attached hydrogens (tertiary/aromatic N) is 1. The summed E-state index contributed by atoms with van der Waals surface area (Å²) < 4.78 is 25.6. The zero-order chi connectivity index (χ0) is 12.9. The number of sulfonamides is 1. The normalized spacial score (nSPS) is 10.8. The van der Waals surface area contributed by atoms with Crippen LogP contribution in [0.4, 0.5) is 0 Å². The molecule has 0 radical (unpaired) electrons. The van der Waals surface area contributed by atoms with E-state index in [1.165, 1.54) is 0 Å². The minimum atomic E-state index is -3.51. The maximum atomic E-state index is 11.7. The number of nitriles is 1. The number of benzene rings is 1. The maximum absolute atomic E-state index is 11.7. The van der Waals surface area contributed by atoms with E-state index in [2.05, 4.69) is 11.3 Å². The van der Waals surface area contributed by atoms with Gasteiger partial charge >= 0.3 is 0 Å². The first-order valence-corrected chi connectivity index (χ1v) is 6.76. The topological polar surface area (TPSA) is 70.0 Å². The first kappa shape index (κ1) is 13.7. The van der Waals surface area contributed by atoms with E-state index in [4.69, 9.17) is 16.9 Å². The van der Waals surface area contributed by atoms with Crippen LogP contribution < -0.4 is 4.72 Å². The lowest BCUT2D eigenvalue weighted by Gasteiger charge is -2.06. The predicted molar refractivity (Wildman–Crippen MR) is 66.8 cm³/mol. The Morgan fingerprint density at radius 2 is 2.12 bits per heavy atom. The van der Waals surface area contributed by atoms with Crippen LogP contribution in [0.5, 0.6) is 0 Å². The van der Waals surface area contributed by atoms with Crippen LogP contribution in [0.3, 0.4) is 0 Å². The molecule has 0 saturated carbocycles. The average molecular weight is 271 g/mol. The number of rotatable bonds is 5. The third-order valence-electron chi connectivity index (χ3n) is 1.97. The fraction of sp³-hybridized carbons (Fsp3) is 0.182. The average Bonchev–Trinajstić information content (AvgIpc) is 2.27. The summed E-state index contributed by atoms with van der Waals surface area (Å²) in [7, 11) is -3.51. The molecule has 4 nitrogen and oxygen atoms in total. The Balaban J connectivity index is 2.84. The summed E-state index contributed by atoms with van der Waals surface area (Å²) in [5.74, 6) is -0.249. The molecule has 6 heteroatoms. The number of halogens is 1. The zero-order valence-electron chi connectivity index (χ0n) is 8.98. The third kappa shape index (κ3) is 4.57. The molecule has 0 aliphatic carbocycles. The largest absolute Gasteiger partial charge is 0.216 e. The van der Waals surface area contributed by atoms with Crippen molar-refractivity contribution in [2.24, 2.45) is 0 Å². The molecule has 1 aromatic carbocycles. The van der Waals surface area contributed by atoms with Gasteiger partial charge in [-0.15, -0.1) is 0 Å². The molecule has 1 rings (SSSR count). The van der Waals surface area contributed by atoms with Gasteiger partial charge in [0.15, 0.2) is 0 Å². The second-order valence-corrected chi connectivity index (χ2v) is 5.71. The Kier molecular flexibility index (Phi) is 4.70. The van der Waals surface area contributed by atoms with Crippen LogP contribution in [0.25, 0.3) is 0 Å². The highest BCUT2D eigenvalue weighted by molar-refractivity contribution is 7.88. The fourth-order valence-corrected chi connectivity index (χ4v) is 2.50. The van der Waals surface area contributed by atoms with Crippen LogP contribution in [0.1, 0.15) is 11.1 Å². The van der Waals surface area contributed by atoms with Crippen molar-refractivity contribution in [3.8, 4) is 6.07 Å². The minimum Gasteiger partial charge on any atom is -0.212 e. The summed E-state index contributed by atoms with van der Waals surface area (Å²) in [5.41, 5.74) is 0.810. The van der Waals surface area contributed by atoms with Gasteiger partial charge in [-0.3, -0.25) is 0 Å². The van der Waals surface area contributed by atoms with Crippen LogP contribution in [0.15, 0.2) is 35.9 Å². The van der Waals surface area contributed by atoms with Crippen molar-refractivity contribution in [2.75, 3.05) is 6.54 Å². The van der Waals surface area contributed by atoms with Crippen molar-refractivity contribution in [1.82, 2.24) is 4.72 Å². The van der Waals surface area contributed by atoms with Gasteiger partial charge in [0.25, 0.3) is 0 Å². The Morgan fingerprint density at radius 3 is 2.71 bits per heavy atom. The molecule has 0 unspecified atom stereocenters. The van der Waals surface area contributed by atoms with Crippen LogP contribution in [0.2, 0.25) is 0 Å². The summed E-state index contributed by atoms with van der Waals surface area (Å²) >= 11 is 5.47. The molecule has 90 valence electrons. The van der Waals surface area contributed by atoms with Crippen molar-refractivity contribution in [1.29, 1.82) is 5.26 Å². The number of nitrogens with one attached hydrogen (secondary N) is 1. The summed E-state index contributed by atoms with van der Waals surface area (Å²) in [6.07, 6.45) is 0. The highest BCUT2D eigenvalue weighted by atomic mass is 35.5. The monoisotopic (exact) mass is 270 g/mol. The van der Waals surface area contributed by atoms with Crippen molar-refractivity contribution in [2.45, 2.75) is 5.75 Å². The quantitative estimate of drug-likeness (QED) is 0.886. The molecule has 0 amide bonds. The summed E-state index contributed by atoms with van der Waals surface area (Å²) in [6, 6.07) is 8.50. The van der Waals surface area contributed by atoms with E-state index >= 15 is 0 Å². The zero-order valence-corrected chi connectivity index (χ0v) is 10.6. The SMILES string of the molecule is C=C(Cl)CNS(=O)(=O)Cc1ccccc1C#N. The molecule has 0 aliphatic rings. The van der Waals surface area contributed by atoms with Gasteiger partial charge in [-0.2, -0.15) is 5.26 Å². The standard InChI is InChI=1S/C11H11ClN2O2S/c1-9(12)7-14-17(15,16)8-11-5-3-2-4-10(11)6-13/h2-5,14H,1,7-8H2. The van der Waals surface area contributed by atoms with E-state index in [1.54, 1.807) is 24.3 Å². The van der Waals surface area contributed by atoms with Crippen LogP contribution >= 0.6 is 11.6 Å². The molecule has 17 heavy (non-hydrogen) atoms. The van der Waals surface area contributed by atoms with E-state index in [-0.39, 0.29) is 17.3 Å². The Labute approximate surface area is 106 Å². The first-order chi connectivity index (χ1) is 7.94. The predicted octanol–water partition coefficient (Wildman–Crippen LogP) is 1.73. The highest BCUT2D eigenvalue weighted by Crippen LogP contribution is 2.11. The first-order valence-electron chi connectivity index (χ1n) is 4.73.